The van der Waals surface area contributed by atoms with Crippen LogP contribution in [0.3, 0.4) is 0 Å². The van der Waals surface area contributed by atoms with E-state index in [0.717, 1.165) is 24.3 Å². The molecule has 6 nitrogen and oxygen atoms in total. The Morgan fingerprint density at radius 1 is 1.12 bits per heavy atom. The van der Waals surface area contributed by atoms with Crippen LogP contribution in [0.1, 0.15) is 15.9 Å². The molecule has 1 aromatic heterocycles. The average Bonchev–Trinajstić information content (AvgIpc) is 2.67. The standard InChI is InChI=1S/C19H22N4O2/c1-22(2)17-6-4-16(5-7-17)18(24)8-3-15-13-20-19(21-14-15)23-9-11-25-12-10-23/h3-8,13-14H,9-12H2,1-2H3/b8-3-. The van der Waals surface area contributed by atoms with Crippen molar-refractivity contribution in [1.82, 2.24) is 9.97 Å². The summed E-state index contributed by atoms with van der Waals surface area (Å²) in [6.07, 6.45) is 6.76. The van der Waals surface area contributed by atoms with Crippen molar-refractivity contribution in [3.8, 4) is 0 Å². The van der Waals surface area contributed by atoms with Crippen molar-refractivity contribution in [2.45, 2.75) is 0 Å². The largest absolute Gasteiger partial charge is 0.378 e. The van der Waals surface area contributed by atoms with Gasteiger partial charge >= 0.3 is 0 Å². The summed E-state index contributed by atoms with van der Waals surface area (Å²) >= 11 is 0. The Morgan fingerprint density at radius 2 is 1.76 bits per heavy atom. The summed E-state index contributed by atoms with van der Waals surface area (Å²) in [4.78, 5) is 25.1. The van der Waals surface area contributed by atoms with E-state index in [1.165, 1.54) is 0 Å². The molecule has 1 saturated heterocycles. The molecule has 0 aliphatic carbocycles. The van der Waals surface area contributed by atoms with Gasteiger partial charge in [0.05, 0.1) is 13.2 Å². The first-order valence-corrected chi connectivity index (χ1v) is 8.28. The molecule has 130 valence electrons. The quantitative estimate of drug-likeness (QED) is 0.616. The fourth-order valence-corrected chi connectivity index (χ4v) is 2.54. The Labute approximate surface area is 147 Å². The first-order chi connectivity index (χ1) is 12.1. The molecule has 1 fully saturated rings. The van der Waals surface area contributed by atoms with Gasteiger partial charge in [0, 0.05) is 56.4 Å². The molecule has 0 saturated carbocycles. The van der Waals surface area contributed by atoms with Gasteiger partial charge in [0.1, 0.15) is 0 Å². The third kappa shape index (κ3) is 4.42. The van der Waals surface area contributed by atoms with E-state index < -0.39 is 0 Å². The fourth-order valence-electron chi connectivity index (χ4n) is 2.54. The summed E-state index contributed by atoms with van der Waals surface area (Å²) in [6.45, 7) is 3.01. The number of nitrogens with zero attached hydrogens (tertiary/aromatic N) is 4. The highest BCUT2D eigenvalue weighted by atomic mass is 16.5. The number of anilines is 2. The number of carbonyl (C=O) groups is 1. The van der Waals surface area contributed by atoms with E-state index in [2.05, 4.69) is 14.9 Å². The predicted molar refractivity (Wildman–Crippen MR) is 99.2 cm³/mol. The summed E-state index contributed by atoms with van der Waals surface area (Å²) in [7, 11) is 3.94. The van der Waals surface area contributed by atoms with Gasteiger partial charge in [0.15, 0.2) is 5.78 Å². The van der Waals surface area contributed by atoms with E-state index >= 15 is 0 Å². The number of aromatic nitrogens is 2. The molecule has 0 spiro atoms. The summed E-state index contributed by atoms with van der Waals surface area (Å²) in [5.74, 6) is 0.661. The molecular formula is C19H22N4O2. The van der Waals surface area contributed by atoms with Crippen LogP contribution >= 0.6 is 0 Å². The lowest BCUT2D eigenvalue weighted by Gasteiger charge is -2.26. The molecule has 2 heterocycles. The number of morpholine rings is 1. The van der Waals surface area contributed by atoms with Gasteiger partial charge in [-0.25, -0.2) is 9.97 Å². The third-order valence-corrected chi connectivity index (χ3v) is 4.05. The van der Waals surface area contributed by atoms with Crippen molar-refractivity contribution >= 4 is 23.5 Å². The lowest BCUT2D eigenvalue weighted by molar-refractivity contribution is 0.104. The SMILES string of the molecule is CN(C)c1ccc(C(=O)/C=C\c2cnc(N3CCOCC3)nc2)cc1. The van der Waals surface area contributed by atoms with E-state index in [1.807, 2.05) is 43.3 Å². The van der Waals surface area contributed by atoms with Gasteiger partial charge in [0.2, 0.25) is 5.95 Å². The van der Waals surface area contributed by atoms with Crippen LogP contribution in [0.25, 0.3) is 6.08 Å². The van der Waals surface area contributed by atoms with Gasteiger partial charge in [0.25, 0.3) is 0 Å². The van der Waals surface area contributed by atoms with E-state index in [9.17, 15) is 4.79 Å². The molecule has 0 radical (unpaired) electrons. The predicted octanol–water partition coefficient (Wildman–Crippen LogP) is 2.28. The number of ether oxygens (including phenoxy) is 1. The van der Waals surface area contributed by atoms with Gasteiger partial charge in [-0.05, 0) is 36.4 Å². The van der Waals surface area contributed by atoms with Crippen LogP contribution in [0.2, 0.25) is 0 Å². The van der Waals surface area contributed by atoms with E-state index in [0.29, 0.717) is 24.7 Å². The number of rotatable bonds is 5. The van der Waals surface area contributed by atoms with Gasteiger partial charge in [-0.1, -0.05) is 0 Å². The molecule has 0 unspecified atom stereocenters. The van der Waals surface area contributed by atoms with Crippen LogP contribution in [0.5, 0.6) is 0 Å². The van der Waals surface area contributed by atoms with Crippen LogP contribution in [-0.2, 0) is 4.74 Å². The minimum Gasteiger partial charge on any atom is -0.378 e. The zero-order valence-electron chi connectivity index (χ0n) is 14.6. The van der Waals surface area contributed by atoms with Gasteiger partial charge in [-0.2, -0.15) is 0 Å². The van der Waals surface area contributed by atoms with Gasteiger partial charge < -0.3 is 14.5 Å². The van der Waals surface area contributed by atoms with Gasteiger partial charge in [-0.3, -0.25) is 4.79 Å². The maximum Gasteiger partial charge on any atom is 0.225 e. The van der Waals surface area contributed by atoms with Crippen molar-refractivity contribution in [1.29, 1.82) is 0 Å². The normalized spacial score (nSPS) is 14.7. The average molecular weight is 338 g/mol. The lowest BCUT2D eigenvalue weighted by atomic mass is 10.1. The summed E-state index contributed by atoms with van der Waals surface area (Å²) < 4.78 is 5.32. The Bertz CT molecular complexity index is 733. The zero-order valence-corrected chi connectivity index (χ0v) is 14.6. The van der Waals surface area contributed by atoms with Crippen molar-refractivity contribution in [3.05, 3.63) is 53.9 Å². The molecular weight excluding hydrogens is 316 g/mol. The number of allylic oxidation sites excluding steroid dienone is 1. The number of ketones is 1. The molecule has 0 N–H and O–H groups in total. The topological polar surface area (TPSA) is 58.6 Å². The summed E-state index contributed by atoms with van der Waals surface area (Å²) in [5.41, 5.74) is 2.52. The molecule has 3 rings (SSSR count). The first kappa shape index (κ1) is 17.1. The molecule has 25 heavy (non-hydrogen) atoms. The highest BCUT2D eigenvalue weighted by Gasteiger charge is 2.13. The minimum atomic E-state index is -0.0393. The van der Waals surface area contributed by atoms with E-state index in [1.54, 1.807) is 24.5 Å². The van der Waals surface area contributed by atoms with Crippen molar-refractivity contribution in [3.63, 3.8) is 0 Å². The van der Waals surface area contributed by atoms with Crippen LogP contribution in [0, 0.1) is 0 Å². The highest BCUT2D eigenvalue weighted by molar-refractivity contribution is 6.06. The van der Waals surface area contributed by atoms with E-state index in [4.69, 9.17) is 4.74 Å². The monoisotopic (exact) mass is 338 g/mol. The number of hydrogen-bond acceptors (Lipinski definition) is 6. The number of benzene rings is 1. The molecule has 0 amide bonds. The molecule has 1 aliphatic heterocycles. The van der Waals surface area contributed by atoms with Crippen molar-refractivity contribution in [2.24, 2.45) is 0 Å². The van der Waals surface area contributed by atoms with Crippen molar-refractivity contribution < 1.29 is 9.53 Å². The second-order valence-electron chi connectivity index (χ2n) is 6.05. The highest BCUT2D eigenvalue weighted by Crippen LogP contribution is 2.14. The molecule has 1 aliphatic rings. The van der Waals surface area contributed by atoms with E-state index in [-0.39, 0.29) is 5.78 Å². The van der Waals surface area contributed by atoms with Crippen LogP contribution in [0.15, 0.2) is 42.7 Å². The molecule has 0 atom stereocenters. The number of carbonyl (C=O) groups excluding carboxylic acids is 1. The number of hydrogen-bond donors (Lipinski definition) is 0. The van der Waals surface area contributed by atoms with Crippen LogP contribution in [0.4, 0.5) is 11.6 Å². The lowest BCUT2D eigenvalue weighted by Crippen LogP contribution is -2.37. The first-order valence-electron chi connectivity index (χ1n) is 8.28. The molecule has 0 bridgehead atoms. The summed E-state index contributed by atoms with van der Waals surface area (Å²) in [6, 6.07) is 7.53. The Morgan fingerprint density at radius 3 is 2.36 bits per heavy atom. The Kier molecular flexibility index (Phi) is 5.40. The fraction of sp³-hybridized carbons (Fsp3) is 0.316. The Hall–Kier alpha value is -2.73. The van der Waals surface area contributed by atoms with Crippen LogP contribution < -0.4 is 9.80 Å². The second-order valence-corrected chi connectivity index (χ2v) is 6.05. The molecule has 2 aromatic rings. The van der Waals surface area contributed by atoms with Crippen LogP contribution in [-0.4, -0.2) is 56.1 Å². The van der Waals surface area contributed by atoms with Gasteiger partial charge in [-0.15, -0.1) is 0 Å². The second kappa shape index (κ2) is 7.90. The zero-order chi connectivity index (χ0) is 17.6. The smallest absolute Gasteiger partial charge is 0.225 e. The maximum atomic E-state index is 12.3. The van der Waals surface area contributed by atoms with Crippen molar-refractivity contribution in [2.75, 3.05) is 50.2 Å². The summed E-state index contributed by atoms with van der Waals surface area (Å²) in [5, 5.41) is 0. The molecule has 1 aromatic carbocycles. The maximum absolute atomic E-state index is 12.3. The minimum absolute atomic E-state index is 0.0393. The molecule has 6 heteroatoms. The third-order valence-electron chi connectivity index (χ3n) is 4.05. The Balaban J connectivity index is 1.63.